The summed E-state index contributed by atoms with van der Waals surface area (Å²) in [7, 11) is 1.83. The van der Waals surface area contributed by atoms with Crippen molar-refractivity contribution in [2.24, 2.45) is 0 Å². The molecule has 1 aromatic heterocycles. The average molecular weight is 279 g/mol. The Balaban J connectivity index is 3.02. The molecule has 3 nitrogen and oxygen atoms in total. The lowest BCUT2D eigenvalue weighted by Gasteiger charge is -2.34. The summed E-state index contributed by atoms with van der Waals surface area (Å²) in [5.74, 6) is 5.52. The number of carbonyl (C=O) groups excluding carboxylic acids is 1. The Hall–Kier alpha value is -1.31. The second kappa shape index (κ2) is 6.23. The quantitative estimate of drug-likeness (QED) is 0.864. The maximum Gasteiger partial charge on any atom is 0.264 e. The van der Waals surface area contributed by atoms with Crippen molar-refractivity contribution in [2.45, 2.75) is 39.7 Å². The molecule has 1 amide bonds. The summed E-state index contributed by atoms with van der Waals surface area (Å²) in [4.78, 5) is 15.8. The van der Waals surface area contributed by atoms with Crippen LogP contribution in [0.2, 0.25) is 0 Å². The van der Waals surface area contributed by atoms with Gasteiger partial charge in [0, 0.05) is 12.6 Å². The first kappa shape index (κ1) is 15.7. The molecule has 0 fully saturated rings. The van der Waals surface area contributed by atoms with Gasteiger partial charge < -0.3 is 10.0 Å². The lowest BCUT2D eigenvalue weighted by atomic mass is 10.00. The van der Waals surface area contributed by atoms with Gasteiger partial charge in [-0.3, -0.25) is 4.79 Å². The van der Waals surface area contributed by atoms with E-state index >= 15 is 0 Å². The van der Waals surface area contributed by atoms with Gasteiger partial charge in [0.25, 0.3) is 5.91 Å². The van der Waals surface area contributed by atoms with Gasteiger partial charge in [-0.25, -0.2) is 0 Å². The van der Waals surface area contributed by atoms with E-state index in [4.69, 9.17) is 5.11 Å². The number of carbonyl (C=O) groups is 1. The Morgan fingerprint density at radius 2 is 2.16 bits per heavy atom. The fourth-order valence-corrected chi connectivity index (χ4v) is 2.53. The smallest absolute Gasteiger partial charge is 0.264 e. The van der Waals surface area contributed by atoms with Crippen molar-refractivity contribution in [3.63, 3.8) is 0 Å². The highest BCUT2D eigenvalue weighted by Gasteiger charge is 2.27. The molecule has 1 rings (SSSR count). The molecule has 0 saturated carbocycles. The standard InChI is InChI=1S/C15H21NO2S/c1-6-15(3,4)16(5)14(18)13-10-11(2)12(19-13)8-7-9-17/h10,17H,6,9H2,1-5H3. The molecule has 0 atom stereocenters. The molecular formula is C15H21NO2S. The van der Waals surface area contributed by atoms with Crippen molar-refractivity contribution in [2.75, 3.05) is 13.7 Å². The van der Waals surface area contributed by atoms with E-state index < -0.39 is 0 Å². The van der Waals surface area contributed by atoms with Gasteiger partial charge in [-0.2, -0.15) is 0 Å². The lowest BCUT2D eigenvalue weighted by molar-refractivity contribution is 0.0625. The maximum absolute atomic E-state index is 12.4. The fourth-order valence-electron chi connectivity index (χ4n) is 1.51. The van der Waals surface area contributed by atoms with Crippen molar-refractivity contribution < 1.29 is 9.90 Å². The predicted molar refractivity (Wildman–Crippen MR) is 79.5 cm³/mol. The molecule has 0 aliphatic carbocycles. The van der Waals surface area contributed by atoms with Gasteiger partial charge in [-0.15, -0.1) is 11.3 Å². The first-order valence-electron chi connectivity index (χ1n) is 6.31. The number of rotatable bonds is 3. The van der Waals surface area contributed by atoms with Crippen LogP contribution in [0.25, 0.3) is 0 Å². The van der Waals surface area contributed by atoms with Crippen LogP contribution in [-0.2, 0) is 0 Å². The largest absolute Gasteiger partial charge is 0.384 e. The van der Waals surface area contributed by atoms with Crippen LogP contribution in [-0.4, -0.2) is 35.1 Å². The SMILES string of the molecule is CCC(C)(C)N(C)C(=O)c1cc(C)c(C#CCO)s1. The van der Waals surface area contributed by atoms with Gasteiger partial charge in [0.2, 0.25) is 0 Å². The maximum atomic E-state index is 12.4. The normalized spacial score (nSPS) is 10.8. The Labute approximate surface area is 119 Å². The van der Waals surface area contributed by atoms with Crippen molar-refractivity contribution >= 4 is 17.2 Å². The van der Waals surface area contributed by atoms with Gasteiger partial charge in [-0.05, 0) is 38.8 Å². The Bertz CT molecular complexity index is 520. The third kappa shape index (κ3) is 3.59. The average Bonchev–Trinajstić information content (AvgIpc) is 2.75. The molecule has 4 heteroatoms. The van der Waals surface area contributed by atoms with Gasteiger partial charge in [0.15, 0.2) is 0 Å². The summed E-state index contributed by atoms with van der Waals surface area (Å²) in [6.07, 6.45) is 0.900. The first-order chi connectivity index (χ1) is 8.83. The molecule has 0 aliphatic heterocycles. The second-order valence-electron chi connectivity index (χ2n) is 5.11. The zero-order valence-corrected chi connectivity index (χ0v) is 13.0. The molecule has 0 radical (unpaired) electrons. The van der Waals surface area contributed by atoms with E-state index in [1.807, 2.05) is 20.0 Å². The summed E-state index contributed by atoms with van der Waals surface area (Å²) < 4.78 is 0. The van der Waals surface area contributed by atoms with Crippen LogP contribution in [0.3, 0.4) is 0 Å². The van der Waals surface area contributed by atoms with E-state index in [1.165, 1.54) is 11.3 Å². The van der Waals surface area contributed by atoms with E-state index in [9.17, 15) is 4.79 Å². The predicted octanol–water partition coefficient (Wildman–Crippen LogP) is 2.66. The molecule has 0 unspecified atom stereocenters. The zero-order valence-electron chi connectivity index (χ0n) is 12.2. The molecule has 1 N–H and O–H groups in total. The number of aliphatic hydroxyl groups is 1. The minimum atomic E-state index is -0.163. The lowest BCUT2D eigenvalue weighted by Crippen LogP contribution is -2.44. The molecule has 0 bridgehead atoms. The topological polar surface area (TPSA) is 40.5 Å². The van der Waals surface area contributed by atoms with E-state index in [0.717, 1.165) is 16.9 Å². The van der Waals surface area contributed by atoms with Crippen molar-refractivity contribution in [3.05, 3.63) is 21.4 Å². The van der Waals surface area contributed by atoms with Crippen molar-refractivity contribution in [1.29, 1.82) is 0 Å². The third-order valence-corrected chi connectivity index (χ3v) is 4.63. The zero-order chi connectivity index (χ0) is 14.6. The third-order valence-electron chi connectivity index (χ3n) is 3.49. The van der Waals surface area contributed by atoms with E-state index in [1.54, 1.807) is 4.90 Å². The van der Waals surface area contributed by atoms with Crippen molar-refractivity contribution in [3.8, 4) is 11.8 Å². The van der Waals surface area contributed by atoms with E-state index in [-0.39, 0.29) is 18.1 Å². The van der Waals surface area contributed by atoms with Crippen LogP contribution in [0, 0.1) is 18.8 Å². The number of hydrogen-bond donors (Lipinski definition) is 1. The number of aliphatic hydroxyl groups excluding tert-OH is 1. The van der Waals surface area contributed by atoms with Gasteiger partial charge >= 0.3 is 0 Å². The summed E-state index contributed by atoms with van der Waals surface area (Å²) in [5, 5.41) is 8.72. The van der Waals surface area contributed by atoms with Crippen LogP contribution in [0.4, 0.5) is 0 Å². The van der Waals surface area contributed by atoms with Gasteiger partial charge in [-0.1, -0.05) is 18.8 Å². The minimum absolute atomic E-state index is 0.0250. The Morgan fingerprint density at radius 1 is 1.53 bits per heavy atom. The molecule has 0 spiro atoms. The molecule has 0 aliphatic rings. The van der Waals surface area contributed by atoms with Crippen LogP contribution in [0.5, 0.6) is 0 Å². The van der Waals surface area contributed by atoms with E-state index in [0.29, 0.717) is 4.88 Å². The molecule has 1 aromatic rings. The fraction of sp³-hybridized carbons (Fsp3) is 0.533. The number of thiophene rings is 1. The number of hydrogen-bond acceptors (Lipinski definition) is 3. The second-order valence-corrected chi connectivity index (χ2v) is 6.17. The molecule has 0 saturated heterocycles. The number of aryl methyl sites for hydroxylation is 1. The summed E-state index contributed by atoms with van der Waals surface area (Å²) in [6.45, 7) is 7.94. The molecule has 104 valence electrons. The Morgan fingerprint density at radius 3 is 2.68 bits per heavy atom. The highest BCUT2D eigenvalue weighted by atomic mass is 32.1. The minimum Gasteiger partial charge on any atom is -0.384 e. The molecule has 0 aromatic carbocycles. The summed E-state index contributed by atoms with van der Waals surface area (Å²) in [6, 6.07) is 1.87. The van der Waals surface area contributed by atoms with Crippen LogP contribution in [0.15, 0.2) is 6.07 Å². The monoisotopic (exact) mass is 279 g/mol. The highest BCUT2D eigenvalue weighted by Crippen LogP contribution is 2.25. The molecule has 19 heavy (non-hydrogen) atoms. The number of nitrogens with zero attached hydrogens (tertiary/aromatic N) is 1. The van der Waals surface area contributed by atoms with Crippen molar-refractivity contribution in [1.82, 2.24) is 4.90 Å². The van der Waals surface area contributed by atoms with Crippen LogP contribution in [0.1, 0.15) is 47.3 Å². The van der Waals surface area contributed by atoms with E-state index in [2.05, 4.69) is 32.6 Å². The highest BCUT2D eigenvalue weighted by molar-refractivity contribution is 7.14. The Kier molecular flexibility index (Phi) is 5.16. The molecular weight excluding hydrogens is 258 g/mol. The van der Waals surface area contributed by atoms with Crippen LogP contribution < -0.4 is 0 Å². The molecule has 1 heterocycles. The van der Waals surface area contributed by atoms with Gasteiger partial charge in [0.1, 0.15) is 6.61 Å². The summed E-state index contributed by atoms with van der Waals surface area (Å²) >= 11 is 1.39. The number of amides is 1. The van der Waals surface area contributed by atoms with Crippen LogP contribution >= 0.6 is 11.3 Å². The van der Waals surface area contributed by atoms with Gasteiger partial charge in [0.05, 0.1) is 9.75 Å². The summed E-state index contributed by atoms with van der Waals surface area (Å²) in [5.41, 5.74) is 0.823. The first-order valence-corrected chi connectivity index (χ1v) is 7.13.